The highest BCUT2D eigenvalue weighted by Gasteiger charge is 2.40. The predicted molar refractivity (Wildman–Crippen MR) is 83.8 cm³/mol. The zero-order valence-electron chi connectivity index (χ0n) is 13.1. The van der Waals surface area contributed by atoms with Crippen molar-refractivity contribution >= 4 is 5.91 Å². The fourth-order valence-electron chi connectivity index (χ4n) is 3.25. The molecule has 0 spiro atoms. The number of rotatable bonds is 6. The third kappa shape index (κ3) is 4.05. The number of hydrogen-bond acceptors (Lipinski definition) is 3. The normalized spacial score (nSPS) is 21.1. The minimum absolute atomic E-state index is 0.0181. The highest BCUT2D eigenvalue weighted by molar-refractivity contribution is 5.72. The minimum Gasteiger partial charge on any atom is -0.385 e. The van der Waals surface area contributed by atoms with Crippen molar-refractivity contribution in [2.45, 2.75) is 38.2 Å². The Morgan fingerprint density at radius 3 is 2.91 bits per heavy atom. The van der Waals surface area contributed by atoms with Gasteiger partial charge in [-0.05, 0) is 38.3 Å². The van der Waals surface area contributed by atoms with Crippen molar-refractivity contribution in [1.29, 1.82) is 0 Å². The van der Waals surface area contributed by atoms with E-state index in [1.165, 1.54) is 13.0 Å². The van der Waals surface area contributed by atoms with Crippen molar-refractivity contribution < 1.29 is 14.3 Å². The second-order valence-corrected chi connectivity index (χ2v) is 6.03. The molecule has 5 heteroatoms. The van der Waals surface area contributed by atoms with Crippen LogP contribution in [-0.2, 0) is 10.4 Å². The Kier molecular flexibility index (Phi) is 5.91. The minimum atomic E-state index is -1.20. The standard InChI is InChI=1S/C17H25FN2O2/c1-13(21)20-11-5-9-17(22,14-6-4-10-19-12-14)15-7-2-3-8-16(15)18/h2-3,7-8,14,19,22H,4-6,9-12H2,1H3,(H,20,21)/t14-,17+/m1/s1. The number of benzene rings is 1. The smallest absolute Gasteiger partial charge is 0.216 e. The maximum Gasteiger partial charge on any atom is 0.216 e. The monoisotopic (exact) mass is 308 g/mol. The lowest BCUT2D eigenvalue weighted by Gasteiger charge is -2.39. The lowest BCUT2D eigenvalue weighted by Crippen LogP contribution is -2.45. The average molecular weight is 308 g/mol. The molecule has 0 saturated carbocycles. The van der Waals surface area contributed by atoms with Crippen LogP contribution in [0.5, 0.6) is 0 Å². The van der Waals surface area contributed by atoms with E-state index in [0.29, 0.717) is 31.5 Å². The van der Waals surface area contributed by atoms with Gasteiger partial charge in [-0.1, -0.05) is 18.2 Å². The van der Waals surface area contributed by atoms with Crippen molar-refractivity contribution in [2.24, 2.45) is 5.92 Å². The van der Waals surface area contributed by atoms with Gasteiger partial charge < -0.3 is 15.7 Å². The summed E-state index contributed by atoms with van der Waals surface area (Å²) in [5.74, 6) is -0.473. The second-order valence-electron chi connectivity index (χ2n) is 6.03. The number of carbonyl (C=O) groups excluding carboxylic acids is 1. The first-order valence-corrected chi connectivity index (χ1v) is 7.96. The van der Waals surface area contributed by atoms with Crippen LogP contribution in [0.1, 0.15) is 38.2 Å². The summed E-state index contributed by atoms with van der Waals surface area (Å²) < 4.78 is 14.2. The summed E-state index contributed by atoms with van der Waals surface area (Å²) in [6.07, 6.45) is 2.90. The molecule has 22 heavy (non-hydrogen) atoms. The van der Waals surface area contributed by atoms with Gasteiger partial charge in [0.05, 0.1) is 5.60 Å². The number of piperidine rings is 1. The molecule has 0 bridgehead atoms. The molecule has 0 unspecified atom stereocenters. The van der Waals surface area contributed by atoms with Gasteiger partial charge in [-0.25, -0.2) is 4.39 Å². The van der Waals surface area contributed by atoms with E-state index in [9.17, 15) is 14.3 Å². The lowest BCUT2D eigenvalue weighted by atomic mass is 9.74. The molecule has 3 N–H and O–H groups in total. The summed E-state index contributed by atoms with van der Waals surface area (Å²) in [6, 6.07) is 6.45. The van der Waals surface area contributed by atoms with Crippen LogP contribution < -0.4 is 10.6 Å². The van der Waals surface area contributed by atoms with E-state index in [4.69, 9.17) is 0 Å². The topological polar surface area (TPSA) is 61.4 Å². The number of amides is 1. The number of aliphatic hydroxyl groups is 1. The fraction of sp³-hybridized carbons (Fsp3) is 0.588. The zero-order chi connectivity index (χ0) is 16.0. The number of hydrogen-bond donors (Lipinski definition) is 3. The number of carbonyl (C=O) groups is 1. The molecule has 1 aliphatic heterocycles. The Bertz CT molecular complexity index is 503. The van der Waals surface area contributed by atoms with Crippen LogP contribution in [0.15, 0.2) is 24.3 Å². The van der Waals surface area contributed by atoms with Crippen molar-refractivity contribution in [3.63, 3.8) is 0 Å². The third-order valence-electron chi connectivity index (χ3n) is 4.42. The number of halogens is 1. The second kappa shape index (κ2) is 7.70. The van der Waals surface area contributed by atoms with Crippen LogP contribution in [0.3, 0.4) is 0 Å². The van der Waals surface area contributed by atoms with Gasteiger partial charge in [-0.2, -0.15) is 0 Å². The Balaban J connectivity index is 2.16. The van der Waals surface area contributed by atoms with E-state index in [0.717, 1.165) is 19.4 Å². The van der Waals surface area contributed by atoms with Gasteiger partial charge in [-0.3, -0.25) is 4.79 Å². The molecule has 2 rings (SSSR count). The van der Waals surface area contributed by atoms with Crippen LogP contribution in [0.2, 0.25) is 0 Å². The lowest BCUT2D eigenvalue weighted by molar-refractivity contribution is -0.119. The molecule has 1 fully saturated rings. The van der Waals surface area contributed by atoms with Gasteiger partial charge in [-0.15, -0.1) is 0 Å². The van der Waals surface area contributed by atoms with Gasteiger partial charge in [0.1, 0.15) is 5.82 Å². The average Bonchev–Trinajstić information content (AvgIpc) is 2.52. The fourth-order valence-corrected chi connectivity index (χ4v) is 3.25. The molecule has 1 aromatic carbocycles. The molecule has 1 aliphatic rings. The van der Waals surface area contributed by atoms with Gasteiger partial charge in [0.15, 0.2) is 0 Å². The van der Waals surface area contributed by atoms with Crippen molar-refractivity contribution in [3.05, 3.63) is 35.6 Å². The predicted octanol–water partition coefficient (Wildman–Crippen LogP) is 1.93. The van der Waals surface area contributed by atoms with Crippen LogP contribution in [0.25, 0.3) is 0 Å². The Hall–Kier alpha value is -1.46. The molecule has 1 amide bonds. The van der Waals surface area contributed by atoms with Gasteiger partial charge >= 0.3 is 0 Å². The third-order valence-corrected chi connectivity index (χ3v) is 4.42. The molecule has 0 aliphatic carbocycles. The zero-order valence-corrected chi connectivity index (χ0v) is 13.1. The molecule has 0 radical (unpaired) electrons. The van der Waals surface area contributed by atoms with E-state index in [1.807, 2.05) is 0 Å². The molecule has 2 atom stereocenters. The van der Waals surface area contributed by atoms with E-state index in [1.54, 1.807) is 18.2 Å². The maximum atomic E-state index is 14.2. The van der Waals surface area contributed by atoms with Crippen molar-refractivity contribution in [2.75, 3.05) is 19.6 Å². The van der Waals surface area contributed by atoms with E-state index in [-0.39, 0.29) is 17.6 Å². The summed E-state index contributed by atoms with van der Waals surface area (Å²) in [7, 11) is 0. The molecule has 1 heterocycles. The Morgan fingerprint density at radius 2 is 2.27 bits per heavy atom. The summed E-state index contributed by atoms with van der Waals surface area (Å²) in [5.41, 5.74) is -0.830. The summed E-state index contributed by atoms with van der Waals surface area (Å²) >= 11 is 0. The first-order valence-electron chi connectivity index (χ1n) is 7.96. The quantitative estimate of drug-likeness (QED) is 0.704. The van der Waals surface area contributed by atoms with Crippen LogP contribution in [0.4, 0.5) is 4.39 Å². The van der Waals surface area contributed by atoms with Gasteiger partial charge in [0.2, 0.25) is 5.91 Å². The summed E-state index contributed by atoms with van der Waals surface area (Å²) in [6.45, 7) is 3.58. The largest absolute Gasteiger partial charge is 0.385 e. The molecular formula is C17H25FN2O2. The Morgan fingerprint density at radius 1 is 1.50 bits per heavy atom. The highest BCUT2D eigenvalue weighted by Crippen LogP contribution is 2.38. The highest BCUT2D eigenvalue weighted by atomic mass is 19.1. The van der Waals surface area contributed by atoms with E-state index in [2.05, 4.69) is 10.6 Å². The molecule has 1 saturated heterocycles. The molecule has 1 aromatic rings. The van der Waals surface area contributed by atoms with Crippen molar-refractivity contribution in [1.82, 2.24) is 10.6 Å². The van der Waals surface area contributed by atoms with Gasteiger partial charge in [0.25, 0.3) is 0 Å². The summed E-state index contributed by atoms with van der Waals surface area (Å²) in [5, 5.41) is 17.3. The molecule has 0 aromatic heterocycles. The maximum absolute atomic E-state index is 14.2. The van der Waals surface area contributed by atoms with Crippen LogP contribution >= 0.6 is 0 Å². The van der Waals surface area contributed by atoms with Crippen LogP contribution in [-0.4, -0.2) is 30.6 Å². The number of nitrogens with one attached hydrogen (secondary N) is 2. The first-order chi connectivity index (χ1) is 10.5. The SMILES string of the molecule is CC(=O)NCCC[C@@](O)(c1ccccc1F)[C@@H]1CCCNC1. The van der Waals surface area contributed by atoms with Crippen molar-refractivity contribution in [3.8, 4) is 0 Å². The molecule has 4 nitrogen and oxygen atoms in total. The molecular weight excluding hydrogens is 283 g/mol. The van der Waals surface area contributed by atoms with Gasteiger partial charge in [0, 0.05) is 31.5 Å². The summed E-state index contributed by atoms with van der Waals surface area (Å²) in [4.78, 5) is 11.0. The van der Waals surface area contributed by atoms with Crippen LogP contribution in [0, 0.1) is 11.7 Å². The van der Waals surface area contributed by atoms with E-state index < -0.39 is 5.60 Å². The first kappa shape index (κ1) is 16.9. The Labute approximate surface area is 131 Å². The van der Waals surface area contributed by atoms with E-state index >= 15 is 0 Å². The molecule has 122 valence electrons.